The first-order chi connectivity index (χ1) is 9.65. The van der Waals surface area contributed by atoms with E-state index in [1.165, 1.54) is 0 Å². The van der Waals surface area contributed by atoms with Gasteiger partial charge in [-0.05, 0) is 12.1 Å². The molecule has 0 aliphatic rings. The normalized spacial score (nSPS) is 10.6. The zero-order chi connectivity index (χ0) is 16.3. The summed E-state index contributed by atoms with van der Waals surface area (Å²) in [4.78, 5) is 47.3. The van der Waals surface area contributed by atoms with Gasteiger partial charge in [0.15, 0.2) is 11.8 Å². The lowest BCUT2D eigenvalue weighted by molar-refractivity contribution is -0.151. The molecule has 0 saturated heterocycles. The van der Waals surface area contributed by atoms with Gasteiger partial charge in [0, 0.05) is 4.47 Å². The Bertz CT molecular complexity index is 550. The third-order valence-corrected chi connectivity index (χ3v) is 2.87. The molecule has 0 bridgehead atoms. The summed E-state index contributed by atoms with van der Waals surface area (Å²) in [5.41, 5.74) is -0.959. The molecule has 9 nitrogen and oxygen atoms in total. The highest BCUT2D eigenvalue weighted by Crippen LogP contribution is 2.24. The van der Waals surface area contributed by atoms with Gasteiger partial charge in [-0.3, -0.25) is 24.2 Å². The Hall–Kier alpha value is -2.49. The van der Waals surface area contributed by atoms with E-state index in [1.807, 2.05) is 0 Å². The molecule has 1 aromatic heterocycles. The van der Waals surface area contributed by atoms with E-state index in [4.69, 9.17) is 20.4 Å². The van der Waals surface area contributed by atoms with Crippen molar-refractivity contribution in [3.63, 3.8) is 0 Å². The van der Waals surface area contributed by atoms with Gasteiger partial charge in [0.05, 0.1) is 11.4 Å². The van der Waals surface area contributed by atoms with Gasteiger partial charge in [-0.1, -0.05) is 15.9 Å². The van der Waals surface area contributed by atoms with Crippen molar-refractivity contribution in [3.8, 4) is 0 Å². The number of rotatable bonds is 6. The predicted molar refractivity (Wildman–Crippen MR) is 68.0 cm³/mol. The van der Waals surface area contributed by atoms with E-state index in [0.29, 0.717) is 0 Å². The number of halogens is 1. The molecule has 1 aromatic rings. The predicted octanol–water partition coefficient (Wildman–Crippen LogP) is 0.350. The molecule has 0 fully saturated rings. The summed E-state index contributed by atoms with van der Waals surface area (Å²) in [6.07, 6.45) is 0. The summed E-state index contributed by atoms with van der Waals surface area (Å²) in [5, 5.41) is 35.5. The van der Waals surface area contributed by atoms with E-state index in [1.54, 1.807) is 0 Å². The van der Waals surface area contributed by atoms with Gasteiger partial charge in [-0.15, -0.1) is 0 Å². The summed E-state index contributed by atoms with van der Waals surface area (Å²) >= 11 is 2.93. The zero-order valence-electron chi connectivity index (χ0n) is 10.1. The maximum absolute atomic E-state index is 10.9. The number of aromatic nitrogens is 1. The molecule has 0 spiro atoms. The van der Waals surface area contributed by atoms with Crippen molar-refractivity contribution in [1.29, 1.82) is 0 Å². The highest BCUT2D eigenvalue weighted by Gasteiger charge is 2.34. The number of carbonyl (C=O) groups is 4. The van der Waals surface area contributed by atoms with Crippen LogP contribution in [0.5, 0.6) is 0 Å². The Kier molecular flexibility index (Phi) is 4.97. The van der Waals surface area contributed by atoms with Crippen LogP contribution in [0.1, 0.15) is 23.2 Å². The largest absolute Gasteiger partial charge is 0.480 e. The minimum absolute atomic E-state index is 0.113. The van der Waals surface area contributed by atoms with Crippen LogP contribution in [0.15, 0.2) is 16.6 Å². The molecule has 0 aliphatic heterocycles. The lowest BCUT2D eigenvalue weighted by Crippen LogP contribution is -2.25. The summed E-state index contributed by atoms with van der Waals surface area (Å²) in [5.74, 6) is -10.9. The van der Waals surface area contributed by atoms with Gasteiger partial charge in [0.1, 0.15) is 0 Å². The molecule has 1 rings (SSSR count). The maximum Gasteiger partial charge on any atom is 0.324 e. The van der Waals surface area contributed by atoms with Crippen LogP contribution in [0.2, 0.25) is 0 Å². The van der Waals surface area contributed by atoms with Crippen LogP contribution >= 0.6 is 15.9 Å². The van der Waals surface area contributed by atoms with Gasteiger partial charge in [0.25, 0.3) is 0 Å². The number of hydrogen-bond acceptors (Lipinski definition) is 5. The lowest BCUT2D eigenvalue weighted by atomic mass is 10.0. The smallest absolute Gasteiger partial charge is 0.324 e. The molecule has 0 saturated carbocycles. The first kappa shape index (κ1) is 16.6. The zero-order valence-corrected chi connectivity index (χ0v) is 11.6. The lowest BCUT2D eigenvalue weighted by Gasteiger charge is -2.12. The van der Waals surface area contributed by atoms with Crippen molar-refractivity contribution in [2.75, 3.05) is 0 Å². The minimum Gasteiger partial charge on any atom is -0.480 e. The Morgan fingerprint density at radius 3 is 1.33 bits per heavy atom. The molecule has 0 atom stereocenters. The van der Waals surface area contributed by atoms with Crippen molar-refractivity contribution in [3.05, 3.63) is 28.0 Å². The van der Waals surface area contributed by atoms with Crippen molar-refractivity contribution < 1.29 is 39.6 Å². The molecule has 21 heavy (non-hydrogen) atoms. The molecule has 1 heterocycles. The van der Waals surface area contributed by atoms with Crippen LogP contribution in [0.4, 0.5) is 0 Å². The Balaban J connectivity index is 3.46. The Morgan fingerprint density at radius 2 is 1.10 bits per heavy atom. The third kappa shape index (κ3) is 3.75. The number of carboxylic acids is 4. The summed E-state index contributed by atoms with van der Waals surface area (Å²) < 4.78 is 0.113. The van der Waals surface area contributed by atoms with Gasteiger partial charge in [-0.2, -0.15) is 0 Å². The minimum atomic E-state index is -2.04. The Morgan fingerprint density at radius 1 is 0.810 bits per heavy atom. The van der Waals surface area contributed by atoms with Gasteiger partial charge < -0.3 is 20.4 Å². The van der Waals surface area contributed by atoms with Gasteiger partial charge in [0.2, 0.25) is 0 Å². The maximum atomic E-state index is 10.9. The van der Waals surface area contributed by atoms with E-state index >= 15 is 0 Å². The van der Waals surface area contributed by atoms with Gasteiger partial charge >= 0.3 is 23.9 Å². The van der Waals surface area contributed by atoms with E-state index in [9.17, 15) is 19.2 Å². The second-order valence-corrected chi connectivity index (χ2v) is 4.77. The first-order valence-corrected chi connectivity index (χ1v) is 6.03. The molecule has 10 heteroatoms. The molecule has 0 aromatic carbocycles. The third-order valence-electron chi connectivity index (χ3n) is 2.41. The second kappa shape index (κ2) is 6.31. The number of carboxylic acid groups (broad SMARTS) is 4. The van der Waals surface area contributed by atoms with E-state index in [2.05, 4.69) is 20.9 Å². The van der Waals surface area contributed by atoms with E-state index in [0.717, 1.165) is 12.1 Å². The molecule has 0 unspecified atom stereocenters. The van der Waals surface area contributed by atoms with Crippen LogP contribution < -0.4 is 0 Å². The molecule has 0 radical (unpaired) electrons. The second-order valence-electron chi connectivity index (χ2n) is 3.85. The first-order valence-electron chi connectivity index (χ1n) is 5.23. The number of aliphatic carboxylic acids is 4. The fourth-order valence-electron chi connectivity index (χ4n) is 1.55. The van der Waals surface area contributed by atoms with Crippen molar-refractivity contribution in [1.82, 2.24) is 4.98 Å². The monoisotopic (exact) mass is 361 g/mol. The van der Waals surface area contributed by atoms with E-state index in [-0.39, 0.29) is 4.47 Å². The highest BCUT2D eigenvalue weighted by molar-refractivity contribution is 9.10. The summed E-state index contributed by atoms with van der Waals surface area (Å²) in [6.45, 7) is 0. The quantitative estimate of drug-likeness (QED) is 0.523. The standard InChI is InChI=1S/C11H8BrNO8/c12-3-1-4(6(8(14)15)9(16)17)13-5(2-3)7(10(18)19)11(20)21/h1-2,6-7H,(H,14,15)(H,16,17)(H,18,19)(H,20,21). The molecular weight excluding hydrogens is 354 g/mol. The topological polar surface area (TPSA) is 162 Å². The Labute approximate surface area is 125 Å². The molecule has 0 aliphatic carbocycles. The number of pyridine rings is 1. The molecule has 112 valence electrons. The SMILES string of the molecule is O=C(O)C(C(=O)O)c1cc(Br)cc(C(C(=O)O)C(=O)O)n1. The average molecular weight is 362 g/mol. The van der Waals surface area contributed by atoms with Crippen LogP contribution in [0, 0.1) is 0 Å². The van der Waals surface area contributed by atoms with Crippen LogP contribution in [0.25, 0.3) is 0 Å². The molecule has 4 N–H and O–H groups in total. The summed E-state index contributed by atoms with van der Waals surface area (Å²) in [6, 6.07) is 2.13. The van der Waals surface area contributed by atoms with Crippen molar-refractivity contribution in [2.45, 2.75) is 11.8 Å². The molecular formula is C11H8BrNO8. The van der Waals surface area contributed by atoms with Crippen LogP contribution in [-0.4, -0.2) is 49.3 Å². The van der Waals surface area contributed by atoms with Crippen molar-refractivity contribution in [2.24, 2.45) is 0 Å². The van der Waals surface area contributed by atoms with Gasteiger partial charge in [-0.25, -0.2) is 0 Å². The summed E-state index contributed by atoms with van der Waals surface area (Å²) in [7, 11) is 0. The van der Waals surface area contributed by atoms with Crippen LogP contribution in [-0.2, 0) is 19.2 Å². The average Bonchev–Trinajstić information content (AvgIpc) is 2.25. The van der Waals surface area contributed by atoms with Crippen molar-refractivity contribution >= 4 is 39.8 Å². The van der Waals surface area contributed by atoms with Crippen LogP contribution in [0.3, 0.4) is 0 Å². The highest BCUT2D eigenvalue weighted by atomic mass is 79.9. The fraction of sp³-hybridized carbons (Fsp3) is 0.182. The number of hydrogen-bond donors (Lipinski definition) is 4. The molecule has 0 amide bonds. The fourth-order valence-corrected chi connectivity index (χ4v) is 2.02. The van der Waals surface area contributed by atoms with E-state index < -0.39 is 47.1 Å². The number of nitrogens with zero attached hydrogens (tertiary/aromatic N) is 1.